The first-order valence-corrected chi connectivity index (χ1v) is 9.29. The van der Waals surface area contributed by atoms with Gasteiger partial charge in [-0.2, -0.15) is 0 Å². The van der Waals surface area contributed by atoms with Gasteiger partial charge in [0.2, 0.25) is 10.0 Å². The summed E-state index contributed by atoms with van der Waals surface area (Å²) in [6.07, 6.45) is 6.50. The second kappa shape index (κ2) is 5.38. The van der Waals surface area contributed by atoms with Gasteiger partial charge in [0.05, 0.1) is 4.90 Å². The number of hydrogen-bond acceptors (Lipinski definition) is 3. The molecule has 0 amide bonds. The fourth-order valence-electron chi connectivity index (χ4n) is 3.25. The summed E-state index contributed by atoms with van der Waals surface area (Å²) in [5.74, 6) is 0.370. The lowest BCUT2D eigenvalue weighted by Gasteiger charge is -2.29. The lowest BCUT2D eigenvalue weighted by molar-refractivity contribution is 0.374. The molecule has 3 rings (SSSR count). The van der Waals surface area contributed by atoms with Crippen molar-refractivity contribution in [3.05, 3.63) is 29.3 Å². The first kappa shape index (κ1) is 15.0. The lowest BCUT2D eigenvalue weighted by Crippen LogP contribution is -2.52. The van der Waals surface area contributed by atoms with Crippen LogP contribution in [0.15, 0.2) is 23.1 Å². The predicted molar refractivity (Wildman–Crippen MR) is 83.6 cm³/mol. The minimum atomic E-state index is -3.50. The van der Waals surface area contributed by atoms with Crippen LogP contribution in [0.2, 0.25) is 0 Å². The monoisotopic (exact) mass is 308 g/mol. The van der Waals surface area contributed by atoms with Gasteiger partial charge in [0, 0.05) is 12.1 Å². The minimum absolute atomic E-state index is 0.335. The molecular formula is C16H24N2O2S. The van der Waals surface area contributed by atoms with Gasteiger partial charge in [-0.15, -0.1) is 0 Å². The molecule has 3 N–H and O–H groups in total. The van der Waals surface area contributed by atoms with E-state index < -0.39 is 15.6 Å². The highest BCUT2D eigenvalue weighted by Crippen LogP contribution is 2.39. The second-order valence-electron chi connectivity index (χ2n) is 6.64. The van der Waals surface area contributed by atoms with Gasteiger partial charge in [-0.25, -0.2) is 13.1 Å². The van der Waals surface area contributed by atoms with E-state index >= 15 is 0 Å². The third kappa shape index (κ3) is 3.00. The number of aryl methyl sites for hydroxylation is 2. The maximum Gasteiger partial charge on any atom is 0.241 e. The summed E-state index contributed by atoms with van der Waals surface area (Å²) in [5.41, 5.74) is 7.78. The van der Waals surface area contributed by atoms with Crippen LogP contribution in [0, 0.1) is 5.92 Å². The molecule has 0 aromatic heterocycles. The van der Waals surface area contributed by atoms with Crippen molar-refractivity contribution in [2.75, 3.05) is 6.54 Å². The molecule has 2 aliphatic rings. The highest BCUT2D eigenvalue weighted by atomic mass is 32.2. The van der Waals surface area contributed by atoms with Crippen molar-refractivity contribution in [3.8, 4) is 0 Å². The quantitative estimate of drug-likeness (QED) is 0.873. The Morgan fingerprint density at radius 1 is 1.24 bits per heavy atom. The molecular weight excluding hydrogens is 284 g/mol. The molecule has 1 unspecified atom stereocenters. The Kier molecular flexibility index (Phi) is 3.84. The number of sulfonamides is 1. The van der Waals surface area contributed by atoms with E-state index in [1.165, 1.54) is 17.5 Å². The largest absolute Gasteiger partial charge is 0.329 e. The zero-order chi connectivity index (χ0) is 15.1. The van der Waals surface area contributed by atoms with Gasteiger partial charge in [-0.05, 0) is 74.6 Å². The Morgan fingerprint density at radius 2 is 1.90 bits per heavy atom. The highest BCUT2D eigenvalue weighted by Gasteiger charge is 2.43. The third-order valence-electron chi connectivity index (χ3n) is 4.90. The molecule has 21 heavy (non-hydrogen) atoms. The molecule has 1 atom stereocenters. The van der Waals surface area contributed by atoms with Crippen LogP contribution in [0.3, 0.4) is 0 Å². The standard InChI is InChI=1S/C16H24N2O2S/c1-16(11-17,14-7-8-14)18-21(19,20)15-9-6-12-4-2-3-5-13(12)10-15/h6,9-10,14,18H,2-5,7-8,11,17H2,1H3. The van der Waals surface area contributed by atoms with Crippen LogP contribution in [0.4, 0.5) is 0 Å². The van der Waals surface area contributed by atoms with E-state index in [0.29, 0.717) is 17.4 Å². The number of rotatable bonds is 5. The molecule has 1 fully saturated rings. The van der Waals surface area contributed by atoms with Crippen LogP contribution in [0.25, 0.3) is 0 Å². The molecule has 1 aromatic carbocycles. The molecule has 1 saturated carbocycles. The van der Waals surface area contributed by atoms with Gasteiger partial charge in [0.25, 0.3) is 0 Å². The SMILES string of the molecule is CC(CN)(NS(=O)(=O)c1ccc2c(c1)CCCC2)C1CC1. The second-order valence-corrected chi connectivity index (χ2v) is 8.32. The number of hydrogen-bond donors (Lipinski definition) is 2. The molecule has 0 radical (unpaired) electrons. The van der Waals surface area contributed by atoms with Gasteiger partial charge < -0.3 is 5.73 Å². The van der Waals surface area contributed by atoms with E-state index in [1.807, 2.05) is 19.1 Å². The molecule has 0 aliphatic heterocycles. The van der Waals surface area contributed by atoms with Crippen molar-refractivity contribution < 1.29 is 8.42 Å². The van der Waals surface area contributed by atoms with Crippen LogP contribution in [0.5, 0.6) is 0 Å². The van der Waals surface area contributed by atoms with E-state index in [4.69, 9.17) is 5.73 Å². The fourth-order valence-corrected chi connectivity index (χ4v) is 4.78. The molecule has 0 heterocycles. The van der Waals surface area contributed by atoms with Crippen molar-refractivity contribution >= 4 is 10.0 Å². The molecule has 2 aliphatic carbocycles. The van der Waals surface area contributed by atoms with E-state index in [0.717, 1.165) is 32.1 Å². The van der Waals surface area contributed by atoms with Crippen molar-refractivity contribution in [3.63, 3.8) is 0 Å². The summed E-state index contributed by atoms with van der Waals surface area (Å²) in [7, 11) is -3.50. The normalized spacial score (nSPS) is 21.6. The molecule has 5 heteroatoms. The Labute approximate surface area is 127 Å². The van der Waals surface area contributed by atoms with Gasteiger partial charge in [-0.1, -0.05) is 6.07 Å². The summed E-state index contributed by atoms with van der Waals surface area (Å²) in [6.45, 7) is 2.25. The van der Waals surface area contributed by atoms with Crippen LogP contribution >= 0.6 is 0 Å². The van der Waals surface area contributed by atoms with E-state index in [1.54, 1.807) is 6.07 Å². The number of nitrogens with one attached hydrogen (secondary N) is 1. The maximum atomic E-state index is 12.7. The van der Waals surface area contributed by atoms with Crippen molar-refractivity contribution in [1.29, 1.82) is 0 Å². The van der Waals surface area contributed by atoms with Gasteiger partial charge in [0.1, 0.15) is 0 Å². The van der Waals surface area contributed by atoms with E-state index in [-0.39, 0.29) is 0 Å². The third-order valence-corrected chi connectivity index (χ3v) is 6.51. The molecule has 0 bridgehead atoms. The molecule has 0 spiro atoms. The van der Waals surface area contributed by atoms with Crippen LogP contribution in [-0.4, -0.2) is 20.5 Å². The molecule has 0 saturated heterocycles. The summed E-state index contributed by atoms with van der Waals surface area (Å²) in [5, 5.41) is 0. The van der Waals surface area contributed by atoms with Crippen LogP contribution in [0.1, 0.15) is 43.7 Å². The summed E-state index contributed by atoms with van der Waals surface area (Å²) >= 11 is 0. The van der Waals surface area contributed by atoms with Crippen molar-refractivity contribution in [1.82, 2.24) is 4.72 Å². The summed E-state index contributed by atoms with van der Waals surface area (Å²) in [4.78, 5) is 0.378. The highest BCUT2D eigenvalue weighted by molar-refractivity contribution is 7.89. The zero-order valence-corrected chi connectivity index (χ0v) is 13.4. The predicted octanol–water partition coefficient (Wildman–Crippen LogP) is 1.97. The lowest BCUT2D eigenvalue weighted by atomic mass is 9.92. The first-order valence-electron chi connectivity index (χ1n) is 7.80. The van der Waals surface area contributed by atoms with E-state index in [2.05, 4.69) is 4.72 Å². The van der Waals surface area contributed by atoms with Gasteiger partial charge >= 0.3 is 0 Å². The van der Waals surface area contributed by atoms with E-state index in [9.17, 15) is 8.42 Å². The zero-order valence-electron chi connectivity index (χ0n) is 12.6. The van der Waals surface area contributed by atoms with Gasteiger partial charge in [0.15, 0.2) is 0 Å². The first-order chi connectivity index (χ1) is 9.94. The van der Waals surface area contributed by atoms with Crippen LogP contribution in [-0.2, 0) is 22.9 Å². The van der Waals surface area contributed by atoms with Crippen molar-refractivity contribution in [2.45, 2.75) is 55.9 Å². The molecule has 4 nitrogen and oxygen atoms in total. The summed E-state index contributed by atoms with van der Waals surface area (Å²) in [6, 6.07) is 5.55. The number of fused-ring (bicyclic) bond motifs is 1. The average molecular weight is 308 g/mol. The molecule has 116 valence electrons. The smallest absolute Gasteiger partial charge is 0.241 e. The van der Waals surface area contributed by atoms with Crippen molar-refractivity contribution in [2.24, 2.45) is 11.7 Å². The average Bonchev–Trinajstić information content (AvgIpc) is 3.31. The minimum Gasteiger partial charge on any atom is -0.329 e. The number of benzene rings is 1. The Morgan fingerprint density at radius 3 is 2.52 bits per heavy atom. The number of nitrogens with two attached hydrogens (primary N) is 1. The Balaban J connectivity index is 1.87. The Bertz CT molecular complexity index is 638. The molecule has 1 aromatic rings. The fraction of sp³-hybridized carbons (Fsp3) is 0.625. The topological polar surface area (TPSA) is 72.2 Å². The maximum absolute atomic E-state index is 12.7. The Hall–Kier alpha value is -0.910. The summed E-state index contributed by atoms with van der Waals surface area (Å²) < 4.78 is 28.2. The van der Waals surface area contributed by atoms with Gasteiger partial charge in [-0.3, -0.25) is 0 Å². The van der Waals surface area contributed by atoms with Crippen LogP contribution < -0.4 is 10.5 Å².